The number of halogens is 1. The summed E-state index contributed by atoms with van der Waals surface area (Å²) in [7, 11) is 1.36. The number of alkyl halides is 1. The number of rotatable bonds is 3. The van der Waals surface area contributed by atoms with Crippen molar-refractivity contribution < 1.29 is 13.9 Å². The Bertz CT molecular complexity index is 541. The summed E-state index contributed by atoms with van der Waals surface area (Å²) in [6, 6.07) is 5.55. The summed E-state index contributed by atoms with van der Waals surface area (Å²) in [5.41, 5.74) is 8.19. The first-order valence-corrected chi connectivity index (χ1v) is 6.95. The number of nitrogens with two attached hydrogens (primary N) is 1. The molecule has 2 N–H and O–H groups in total. The largest absolute Gasteiger partial charge is 0.465 e. The lowest BCUT2D eigenvalue weighted by Gasteiger charge is -2.23. The van der Waals surface area contributed by atoms with Gasteiger partial charge < -0.3 is 9.64 Å². The molecule has 0 aromatic heterocycles. The van der Waals surface area contributed by atoms with E-state index in [4.69, 9.17) is 10.5 Å². The minimum atomic E-state index is -1.64. The number of methoxy groups -OCH3 is 1. The van der Waals surface area contributed by atoms with Crippen molar-refractivity contribution in [3.05, 3.63) is 29.3 Å². The Hall–Kier alpha value is -1.62. The van der Waals surface area contributed by atoms with Crippen molar-refractivity contribution in [3.8, 4) is 0 Å². The van der Waals surface area contributed by atoms with Crippen LogP contribution in [-0.2, 0) is 4.74 Å². The number of benzene rings is 1. The molecule has 1 unspecified atom stereocenters. The average Bonchev–Trinajstić information content (AvgIpc) is 3.21. The highest BCUT2D eigenvalue weighted by molar-refractivity contribution is 5.91. The zero-order valence-corrected chi connectivity index (χ0v) is 11.6. The highest BCUT2D eigenvalue weighted by Gasteiger charge is 2.37. The van der Waals surface area contributed by atoms with E-state index in [2.05, 4.69) is 0 Å². The summed E-state index contributed by atoms with van der Waals surface area (Å²) >= 11 is 0. The molecule has 5 heteroatoms. The Morgan fingerprint density at radius 2 is 2.25 bits per heavy atom. The van der Waals surface area contributed by atoms with Crippen LogP contribution in [0.5, 0.6) is 0 Å². The molecule has 1 aromatic rings. The molecule has 1 heterocycles. The molecule has 0 bridgehead atoms. The molecule has 0 radical (unpaired) electrons. The standard InChI is InChI=1S/C15H19FN2O2/c1-20-14(19)11-4-5-12(10-2-3-10)13(8-11)18-7-6-15(16,17)9-18/h4-5,8,10H,2-3,6-7,9,17H2,1H3. The lowest BCUT2D eigenvalue weighted by Crippen LogP contribution is -2.37. The molecule has 3 rings (SSSR count). The molecule has 1 aliphatic carbocycles. The number of hydrogen-bond acceptors (Lipinski definition) is 4. The van der Waals surface area contributed by atoms with Crippen molar-refractivity contribution in [2.75, 3.05) is 25.1 Å². The molecular weight excluding hydrogens is 259 g/mol. The second-order valence-corrected chi connectivity index (χ2v) is 5.75. The molecule has 4 nitrogen and oxygen atoms in total. The predicted octanol–water partition coefficient (Wildman–Crippen LogP) is 2.19. The fourth-order valence-corrected chi connectivity index (χ4v) is 2.80. The van der Waals surface area contributed by atoms with Crippen molar-refractivity contribution in [2.45, 2.75) is 31.0 Å². The molecule has 1 aliphatic heterocycles. The topological polar surface area (TPSA) is 55.6 Å². The van der Waals surface area contributed by atoms with Crippen molar-refractivity contribution in [3.63, 3.8) is 0 Å². The van der Waals surface area contributed by atoms with Gasteiger partial charge in [0.2, 0.25) is 0 Å². The first-order chi connectivity index (χ1) is 9.50. The van der Waals surface area contributed by atoms with Crippen LogP contribution in [0, 0.1) is 0 Å². The molecule has 1 aromatic carbocycles. The van der Waals surface area contributed by atoms with Gasteiger partial charge in [0.15, 0.2) is 5.79 Å². The third-order valence-corrected chi connectivity index (χ3v) is 4.06. The Morgan fingerprint density at radius 3 is 2.80 bits per heavy atom. The molecular formula is C15H19FN2O2. The molecule has 1 saturated carbocycles. The number of esters is 1. The van der Waals surface area contributed by atoms with E-state index >= 15 is 0 Å². The van der Waals surface area contributed by atoms with E-state index in [0.29, 0.717) is 24.4 Å². The normalized spacial score (nSPS) is 25.9. The zero-order valence-electron chi connectivity index (χ0n) is 11.6. The van der Waals surface area contributed by atoms with Gasteiger partial charge in [0.25, 0.3) is 0 Å². The number of nitrogens with zero attached hydrogens (tertiary/aromatic N) is 1. The number of anilines is 1. The molecule has 0 spiro atoms. The van der Waals surface area contributed by atoms with Gasteiger partial charge in [-0.3, -0.25) is 5.73 Å². The second-order valence-electron chi connectivity index (χ2n) is 5.75. The van der Waals surface area contributed by atoms with Gasteiger partial charge in [0, 0.05) is 18.7 Å². The number of carbonyl (C=O) groups excluding carboxylic acids is 1. The van der Waals surface area contributed by atoms with Gasteiger partial charge in [-0.15, -0.1) is 0 Å². The van der Waals surface area contributed by atoms with Gasteiger partial charge >= 0.3 is 5.97 Å². The van der Waals surface area contributed by atoms with E-state index in [9.17, 15) is 9.18 Å². The Balaban J connectivity index is 1.95. The zero-order chi connectivity index (χ0) is 14.3. The first kappa shape index (κ1) is 13.4. The highest BCUT2D eigenvalue weighted by atomic mass is 19.1. The van der Waals surface area contributed by atoms with Crippen LogP contribution in [0.25, 0.3) is 0 Å². The van der Waals surface area contributed by atoms with Crippen molar-refractivity contribution in [1.29, 1.82) is 0 Å². The van der Waals surface area contributed by atoms with Crippen LogP contribution in [-0.4, -0.2) is 32.0 Å². The van der Waals surface area contributed by atoms with Crippen molar-refractivity contribution in [1.82, 2.24) is 0 Å². The highest BCUT2D eigenvalue weighted by Crippen LogP contribution is 2.45. The quantitative estimate of drug-likeness (QED) is 0.680. The predicted molar refractivity (Wildman–Crippen MR) is 74.6 cm³/mol. The second kappa shape index (κ2) is 4.74. The van der Waals surface area contributed by atoms with Gasteiger partial charge in [0.05, 0.1) is 19.2 Å². The van der Waals surface area contributed by atoms with Gasteiger partial charge in [-0.05, 0) is 36.5 Å². The summed E-state index contributed by atoms with van der Waals surface area (Å²) < 4.78 is 18.6. The van der Waals surface area contributed by atoms with E-state index in [1.54, 1.807) is 12.1 Å². The monoisotopic (exact) mass is 278 g/mol. The summed E-state index contributed by atoms with van der Waals surface area (Å²) in [5, 5.41) is 0. The number of ether oxygens (including phenoxy) is 1. The van der Waals surface area contributed by atoms with Crippen LogP contribution < -0.4 is 10.6 Å². The van der Waals surface area contributed by atoms with Crippen LogP contribution in [0.2, 0.25) is 0 Å². The minimum absolute atomic E-state index is 0.178. The maximum Gasteiger partial charge on any atom is 0.337 e. The lowest BCUT2D eigenvalue weighted by molar-refractivity contribution is 0.0600. The Morgan fingerprint density at radius 1 is 1.50 bits per heavy atom. The van der Waals surface area contributed by atoms with Gasteiger partial charge in [0.1, 0.15) is 0 Å². The van der Waals surface area contributed by atoms with E-state index in [1.807, 2.05) is 11.0 Å². The van der Waals surface area contributed by atoms with Crippen molar-refractivity contribution in [2.24, 2.45) is 5.73 Å². The van der Waals surface area contributed by atoms with E-state index in [0.717, 1.165) is 18.5 Å². The van der Waals surface area contributed by atoms with Crippen LogP contribution in [0.3, 0.4) is 0 Å². The maximum absolute atomic E-state index is 13.9. The smallest absolute Gasteiger partial charge is 0.337 e. The van der Waals surface area contributed by atoms with Crippen LogP contribution in [0.1, 0.15) is 41.1 Å². The molecule has 2 aliphatic rings. The summed E-state index contributed by atoms with van der Waals surface area (Å²) in [6.07, 6.45) is 2.63. The van der Waals surface area contributed by atoms with Gasteiger partial charge in [-0.25, -0.2) is 9.18 Å². The SMILES string of the molecule is COC(=O)c1ccc(C2CC2)c(N2CCC(N)(F)C2)c1. The van der Waals surface area contributed by atoms with E-state index in [-0.39, 0.29) is 12.5 Å². The minimum Gasteiger partial charge on any atom is -0.465 e. The molecule has 0 amide bonds. The number of carbonyl (C=O) groups is 1. The third-order valence-electron chi connectivity index (χ3n) is 4.06. The van der Waals surface area contributed by atoms with E-state index < -0.39 is 5.79 Å². The molecule has 1 saturated heterocycles. The fraction of sp³-hybridized carbons (Fsp3) is 0.533. The van der Waals surface area contributed by atoms with E-state index in [1.165, 1.54) is 12.7 Å². The Kier molecular flexibility index (Phi) is 3.17. The summed E-state index contributed by atoms with van der Waals surface area (Å²) in [5.74, 6) is -1.47. The van der Waals surface area contributed by atoms with Crippen LogP contribution in [0.4, 0.5) is 10.1 Å². The summed E-state index contributed by atoms with van der Waals surface area (Å²) in [4.78, 5) is 13.6. The molecule has 2 fully saturated rings. The Labute approximate surface area is 117 Å². The maximum atomic E-state index is 13.9. The lowest BCUT2D eigenvalue weighted by atomic mass is 10.0. The van der Waals surface area contributed by atoms with Gasteiger partial charge in [-0.1, -0.05) is 6.07 Å². The van der Waals surface area contributed by atoms with Gasteiger partial charge in [-0.2, -0.15) is 0 Å². The van der Waals surface area contributed by atoms with Crippen LogP contribution >= 0.6 is 0 Å². The summed E-state index contributed by atoms with van der Waals surface area (Å²) in [6.45, 7) is 0.759. The fourth-order valence-electron chi connectivity index (χ4n) is 2.80. The molecule has 20 heavy (non-hydrogen) atoms. The molecule has 108 valence electrons. The molecule has 1 atom stereocenters. The number of hydrogen-bond donors (Lipinski definition) is 1. The average molecular weight is 278 g/mol. The third kappa shape index (κ3) is 2.50. The first-order valence-electron chi connectivity index (χ1n) is 6.95. The van der Waals surface area contributed by atoms with Crippen molar-refractivity contribution >= 4 is 11.7 Å². The van der Waals surface area contributed by atoms with Crippen LogP contribution in [0.15, 0.2) is 18.2 Å².